The van der Waals surface area contributed by atoms with Crippen LogP contribution in [0.2, 0.25) is 10.0 Å². The van der Waals surface area contributed by atoms with Gasteiger partial charge in [0.2, 0.25) is 0 Å². The maximum atomic E-state index is 13.4. The van der Waals surface area contributed by atoms with Crippen molar-refractivity contribution in [1.82, 2.24) is 5.43 Å². The number of methoxy groups -OCH3 is 1. The Morgan fingerprint density at radius 3 is 2.55 bits per heavy atom. The van der Waals surface area contributed by atoms with Gasteiger partial charge in [-0.25, -0.2) is 9.82 Å². The van der Waals surface area contributed by atoms with Gasteiger partial charge in [-0.15, -0.1) is 0 Å². The molecule has 2 aromatic carbocycles. The van der Waals surface area contributed by atoms with E-state index in [0.717, 1.165) is 0 Å². The molecular weight excluding hydrogens is 302 g/mol. The molecule has 0 aliphatic carbocycles. The summed E-state index contributed by atoms with van der Waals surface area (Å²) in [4.78, 5) is 0. The molecule has 0 aromatic heterocycles. The Morgan fingerprint density at radius 2 is 1.90 bits per heavy atom. The van der Waals surface area contributed by atoms with Gasteiger partial charge in [0.25, 0.3) is 0 Å². The summed E-state index contributed by atoms with van der Waals surface area (Å²) < 4.78 is 18.7. The third-order valence-corrected chi connectivity index (χ3v) is 3.52. The summed E-state index contributed by atoms with van der Waals surface area (Å²) in [5, 5.41) is 0.943. The minimum Gasteiger partial charge on any atom is -0.496 e. The van der Waals surface area contributed by atoms with Crippen molar-refractivity contribution >= 4 is 23.2 Å². The van der Waals surface area contributed by atoms with Gasteiger partial charge in [0.1, 0.15) is 11.6 Å². The van der Waals surface area contributed by atoms with Crippen LogP contribution in [-0.2, 0) is 0 Å². The Labute approximate surface area is 126 Å². The number of ether oxygens (including phenoxy) is 1. The zero-order chi connectivity index (χ0) is 14.7. The van der Waals surface area contributed by atoms with Crippen LogP contribution in [0.25, 0.3) is 0 Å². The Balaban J connectivity index is 2.55. The number of benzene rings is 2. The number of hydrogen-bond acceptors (Lipinski definition) is 3. The van der Waals surface area contributed by atoms with Crippen LogP contribution in [-0.4, -0.2) is 7.11 Å². The van der Waals surface area contributed by atoms with Gasteiger partial charge in [-0.3, -0.25) is 5.84 Å². The average molecular weight is 315 g/mol. The van der Waals surface area contributed by atoms with Gasteiger partial charge in [0.15, 0.2) is 0 Å². The fourth-order valence-corrected chi connectivity index (χ4v) is 2.40. The number of hydrazine groups is 1. The number of nitrogens with two attached hydrogens (primary N) is 1. The molecule has 6 heteroatoms. The minimum atomic E-state index is -0.509. The van der Waals surface area contributed by atoms with Crippen molar-refractivity contribution in [1.29, 1.82) is 0 Å². The summed E-state index contributed by atoms with van der Waals surface area (Å²) in [6.45, 7) is 0. The van der Waals surface area contributed by atoms with E-state index in [9.17, 15) is 4.39 Å². The summed E-state index contributed by atoms with van der Waals surface area (Å²) in [5.41, 5.74) is 3.86. The molecule has 2 rings (SSSR count). The Hall–Kier alpha value is -1.33. The van der Waals surface area contributed by atoms with Crippen molar-refractivity contribution in [2.75, 3.05) is 7.11 Å². The largest absolute Gasteiger partial charge is 0.496 e. The van der Waals surface area contributed by atoms with E-state index in [2.05, 4.69) is 5.43 Å². The topological polar surface area (TPSA) is 47.3 Å². The highest BCUT2D eigenvalue weighted by molar-refractivity contribution is 6.31. The Morgan fingerprint density at radius 1 is 1.15 bits per heavy atom. The summed E-state index contributed by atoms with van der Waals surface area (Å²) in [5.74, 6) is 5.75. The highest BCUT2D eigenvalue weighted by atomic mass is 35.5. The Bertz CT molecular complexity index is 622. The van der Waals surface area contributed by atoms with Crippen LogP contribution in [0.5, 0.6) is 5.75 Å². The molecule has 2 aromatic rings. The molecule has 1 atom stereocenters. The highest BCUT2D eigenvalue weighted by Gasteiger charge is 2.20. The molecule has 20 heavy (non-hydrogen) atoms. The fraction of sp³-hybridized carbons (Fsp3) is 0.143. The predicted octanol–water partition coefficient (Wildman–Crippen LogP) is 3.69. The van der Waals surface area contributed by atoms with E-state index in [-0.39, 0.29) is 0 Å². The van der Waals surface area contributed by atoms with Gasteiger partial charge < -0.3 is 4.74 Å². The monoisotopic (exact) mass is 314 g/mol. The van der Waals surface area contributed by atoms with Crippen molar-refractivity contribution in [3.63, 3.8) is 0 Å². The van der Waals surface area contributed by atoms with Crippen LogP contribution in [0, 0.1) is 5.82 Å². The van der Waals surface area contributed by atoms with Gasteiger partial charge in [-0.2, -0.15) is 0 Å². The SMILES string of the molecule is COc1cc(Cl)ccc1C(NN)c1cc(F)ccc1Cl. The first-order valence-electron chi connectivity index (χ1n) is 5.81. The summed E-state index contributed by atoms with van der Waals surface area (Å²) in [6, 6.07) is 8.72. The number of rotatable bonds is 4. The second-order valence-corrected chi connectivity index (χ2v) is 5.00. The second kappa shape index (κ2) is 6.41. The van der Waals surface area contributed by atoms with Crippen LogP contribution in [0.1, 0.15) is 17.2 Å². The van der Waals surface area contributed by atoms with Crippen molar-refractivity contribution in [3.05, 3.63) is 63.4 Å². The lowest BCUT2D eigenvalue weighted by atomic mass is 9.98. The molecule has 0 saturated heterocycles. The lowest BCUT2D eigenvalue weighted by Crippen LogP contribution is -2.29. The first-order valence-corrected chi connectivity index (χ1v) is 6.57. The first-order chi connectivity index (χ1) is 9.56. The molecule has 3 nitrogen and oxygen atoms in total. The number of halogens is 3. The van der Waals surface area contributed by atoms with Crippen molar-refractivity contribution in [3.8, 4) is 5.75 Å². The highest BCUT2D eigenvalue weighted by Crippen LogP contribution is 2.34. The third kappa shape index (κ3) is 3.04. The number of hydrogen-bond donors (Lipinski definition) is 2. The quantitative estimate of drug-likeness (QED) is 0.668. The summed E-state index contributed by atoms with van der Waals surface area (Å²) >= 11 is 12.0. The Kier molecular flexibility index (Phi) is 4.83. The molecule has 0 bridgehead atoms. The van der Waals surface area contributed by atoms with Crippen molar-refractivity contribution in [2.45, 2.75) is 6.04 Å². The van der Waals surface area contributed by atoms with Gasteiger partial charge in [0.05, 0.1) is 13.2 Å². The normalized spacial score (nSPS) is 12.2. The van der Waals surface area contributed by atoms with E-state index in [0.29, 0.717) is 26.9 Å². The molecular formula is C14H13Cl2FN2O. The van der Waals surface area contributed by atoms with Gasteiger partial charge in [0, 0.05) is 15.6 Å². The molecule has 0 amide bonds. The second-order valence-electron chi connectivity index (χ2n) is 4.15. The first kappa shape index (κ1) is 15.1. The molecule has 0 heterocycles. The molecule has 0 saturated carbocycles. The van der Waals surface area contributed by atoms with E-state index in [4.69, 9.17) is 33.8 Å². The lowest BCUT2D eigenvalue weighted by molar-refractivity contribution is 0.404. The van der Waals surface area contributed by atoms with Crippen LogP contribution in [0.3, 0.4) is 0 Å². The molecule has 0 spiro atoms. The van der Waals surface area contributed by atoms with Crippen LogP contribution in [0.4, 0.5) is 4.39 Å². The smallest absolute Gasteiger partial charge is 0.125 e. The molecule has 3 N–H and O–H groups in total. The zero-order valence-corrected chi connectivity index (χ0v) is 12.2. The average Bonchev–Trinajstić information content (AvgIpc) is 2.44. The van der Waals surface area contributed by atoms with Crippen molar-refractivity contribution in [2.24, 2.45) is 5.84 Å². The van der Waals surface area contributed by atoms with E-state index in [1.165, 1.54) is 25.3 Å². The van der Waals surface area contributed by atoms with E-state index >= 15 is 0 Å². The molecule has 1 unspecified atom stereocenters. The lowest BCUT2D eigenvalue weighted by Gasteiger charge is -2.20. The predicted molar refractivity (Wildman–Crippen MR) is 78.6 cm³/mol. The van der Waals surface area contributed by atoms with Crippen LogP contribution >= 0.6 is 23.2 Å². The molecule has 106 valence electrons. The van der Waals surface area contributed by atoms with Crippen LogP contribution in [0.15, 0.2) is 36.4 Å². The van der Waals surface area contributed by atoms with E-state index in [1.807, 2.05) is 0 Å². The minimum absolute atomic E-state index is 0.391. The maximum absolute atomic E-state index is 13.4. The summed E-state index contributed by atoms with van der Waals surface area (Å²) in [7, 11) is 1.52. The number of nitrogens with one attached hydrogen (secondary N) is 1. The molecule has 0 aliphatic rings. The third-order valence-electron chi connectivity index (χ3n) is 2.94. The van der Waals surface area contributed by atoms with Gasteiger partial charge in [-0.05, 0) is 35.9 Å². The molecule has 0 radical (unpaired) electrons. The summed E-state index contributed by atoms with van der Waals surface area (Å²) in [6.07, 6.45) is 0. The fourth-order valence-electron chi connectivity index (χ4n) is 2.01. The van der Waals surface area contributed by atoms with E-state index < -0.39 is 11.9 Å². The van der Waals surface area contributed by atoms with Crippen LogP contribution < -0.4 is 16.0 Å². The maximum Gasteiger partial charge on any atom is 0.125 e. The van der Waals surface area contributed by atoms with Gasteiger partial charge in [-0.1, -0.05) is 29.3 Å². The molecule has 0 fully saturated rings. The standard InChI is InChI=1S/C14H13Cl2FN2O/c1-20-13-6-8(15)2-4-10(13)14(19-18)11-7-9(17)3-5-12(11)16/h2-7,14,19H,18H2,1H3. The zero-order valence-electron chi connectivity index (χ0n) is 10.7. The molecule has 0 aliphatic heterocycles. The van der Waals surface area contributed by atoms with Gasteiger partial charge >= 0.3 is 0 Å². The van der Waals surface area contributed by atoms with E-state index in [1.54, 1.807) is 18.2 Å². The van der Waals surface area contributed by atoms with Crippen molar-refractivity contribution < 1.29 is 9.13 Å².